The Morgan fingerprint density at radius 3 is 2.47 bits per heavy atom. The summed E-state index contributed by atoms with van der Waals surface area (Å²) < 4.78 is 5.92. The number of nitrogens with one attached hydrogen (secondary N) is 1. The molecule has 0 atom stereocenters. The van der Waals surface area contributed by atoms with Crippen LogP contribution in [-0.2, 0) is 11.4 Å². The van der Waals surface area contributed by atoms with E-state index in [1.54, 1.807) is 12.1 Å². The van der Waals surface area contributed by atoms with Crippen molar-refractivity contribution in [2.45, 2.75) is 6.61 Å². The molecule has 1 saturated heterocycles. The maximum Gasteiger partial charge on any atom is 0.257 e. The number of ether oxygens (including phenoxy) is 1. The van der Waals surface area contributed by atoms with Gasteiger partial charge in [-0.15, -0.1) is 6.58 Å². The summed E-state index contributed by atoms with van der Waals surface area (Å²) in [6.45, 7) is 7.18. The van der Waals surface area contributed by atoms with E-state index in [2.05, 4.69) is 11.9 Å². The zero-order valence-corrected chi connectivity index (χ0v) is 17.6. The van der Waals surface area contributed by atoms with Crippen LogP contribution < -0.4 is 10.1 Å². The van der Waals surface area contributed by atoms with Gasteiger partial charge in [0, 0.05) is 37.7 Å². The van der Waals surface area contributed by atoms with E-state index in [0.717, 1.165) is 5.56 Å². The molecular formula is C23H26ClN3O3. The van der Waals surface area contributed by atoms with Crippen molar-refractivity contribution < 1.29 is 14.3 Å². The van der Waals surface area contributed by atoms with Gasteiger partial charge >= 0.3 is 0 Å². The van der Waals surface area contributed by atoms with Gasteiger partial charge in [0.05, 0.1) is 12.1 Å². The number of benzene rings is 2. The first kappa shape index (κ1) is 21.9. The summed E-state index contributed by atoms with van der Waals surface area (Å²) in [7, 11) is 0. The van der Waals surface area contributed by atoms with Crippen molar-refractivity contribution in [3.63, 3.8) is 0 Å². The topological polar surface area (TPSA) is 61.9 Å². The van der Waals surface area contributed by atoms with Gasteiger partial charge in [0.1, 0.15) is 12.4 Å². The highest BCUT2D eigenvalue weighted by atomic mass is 35.5. The molecule has 0 bridgehead atoms. The number of amides is 2. The van der Waals surface area contributed by atoms with Gasteiger partial charge in [0.15, 0.2) is 0 Å². The molecule has 3 rings (SSSR count). The SMILES string of the molecule is C=CCNC(=O)CN1CCN(C(=O)c2ccccc2OCc2ccc(Cl)cc2)CC1. The van der Waals surface area contributed by atoms with Crippen LogP contribution in [0.1, 0.15) is 15.9 Å². The lowest BCUT2D eigenvalue weighted by molar-refractivity contribution is -0.122. The number of hydrogen-bond acceptors (Lipinski definition) is 4. The van der Waals surface area contributed by atoms with Crippen LogP contribution in [-0.4, -0.2) is 60.9 Å². The van der Waals surface area contributed by atoms with E-state index in [1.807, 2.05) is 52.3 Å². The molecule has 2 aromatic carbocycles. The Labute approximate surface area is 182 Å². The van der Waals surface area contributed by atoms with Crippen molar-refractivity contribution in [3.8, 4) is 5.75 Å². The fourth-order valence-corrected chi connectivity index (χ4v) is 3.36. The number of nitrogens with zero attached hydrogens (tertiary/aromatic N) is 2. The smallest absolute Gasteiger partial charge is 0.257 e. The van der Waals surface area contributed by atoms with E-state index in [9.17, 15) is 9.59 Å². The van der Waals surface area contributed by atoms with E-state index in [0.29, 0.717) is 62.2 Å². The summed E-state index contributed by atoms with van der Waals surface area (Å²) in [4.78, 5) is 28.8. The van der Waals surface area contributed by atoms with Crippen LogP contribution in [0.4, 0.5) is 0 Å². The van der Waals surface area contributed by atoms with E-state index < -0.39 is 0 Å². The van der Waals surface area contributed by atoms with Gasteiger partial charge in [-0.05, 0) is 29.8 Å². The molecule has 0 unspecified atom stereocenters. The van der Waals surface area contributed by atoms with Crippen LogP contribution in [0, 0.1) is 0 Å². The van der Waals surface area contributed by atoms with Gasteiger partial charge in [0.2, 0.25) is 5.91 Å². The lowest BCUT2D eigenvalue weighted by atomic mass is 10.1. The Balaban J connectivity index is 1.56. The first-order valence-electron chi connectivity index (χ1n) is 9.92. The molecule has 0 saturated carbocycles. The quantitative estimate of drug-likeness (QED) is 0.658. The summed E-state index contributed by atoms with van der Waals surface area (Å²) in [6.07, 6.45) is 1.65. The van der Waals surface area contributed by atoms with Crippen molar-refractivity contribution in [3.05, 3.63) is 77.3 Å². The zero-order valence-electron chi connectivity index (χ0n) is 16.9. The Morgan fingerprint density at radius 2 is 1.77 bits per heavy atom. The summed E-state index contributed by atoms with van der Waals surface area (Å²) in [5, 5.41) is 3.45. The molecular weight excluding hydrogens is 402 g/mol. The second-order valence-corrected chi connectivity index (χ2v) is 7.51. The number of halogens is 1. The molecule has 0 radical (unpaired) electrons. The maximum absolute atomic E-state index is 13.1. The van der Waals surface area contributed by atoms with Gasteiger partial charge in [-0.1, -0.05) is 41.9 Å². The van der Waals surface area contributed by atoms with Crippen LogP contribution >= 0.6 is 11.6 Å². The van der Waals surface area contributed by atoms with E-state index in [1.165, 1.54) is 0 Å². The van der Waals surface area contributed by atoms with Gasteiger partial charge in [-0.25, -0.2) is 0 Å². The van der Waals surface area contributed by atoms with E-state index in [4.69, 9.17) is 16.3 Å². The predicted molar refractivity (Wildman–Crippen MR) is 118 cm³/mol. The van der Waals surface area contributed by atoms with Crippen molar-refractivity contribution >= 4 is 23.4 Å². The molecule has 1 aliphatic rings. The maximum atomic E-state index is 13.1. The van der Waals surface area contributed by atoms with Crippen LogP contribution in [0.5, 0.6) is 5.75 Å². The Kier molecular flexibility index (Phi) is 7.88. The highest BCUT2D eigenvalue weighted by Crippen LogP contribution is 2.22. The van der Waals surface area contributed by atoms with E-state index >= 15 is 0 Å². The predicted octanol–water partition coefficient (Wildman–Crippen LogP) is 2.98. The van der Waals surface area contributed by atoms with Crippen LogP contribution in [0.15, 0.2) is 61.2 Å². The summed E-state index contributed by atoms with van der Waals surface area (Å²) in [5.41, 5.74) is 1.52. The molecule has 0 aromatic heterocycles. The molecule has 1 N–H and O–H groups in total. The average Bonchev–Trinajstić information content (AvgIpc) is 2.77. The molecule has 30 heavy (non-hydrogen) atoms. The van der Waals surface area contributed by atoms with Crippen molar-refractivity contribution in [2.24, 2.45) is 0 Å². The number of para-hydroxylation sites is 1. The van der Waals surface area contributed by atoms with Crippen LogP contribution in [0.25, 0.3) is 0 Å². The molecule has 2 amide bonds. The third-order valence-corrected chi connectivity index (χ3v) is 5.15. The van der Waals surface area contributed by atoms with Crippen molar-refractivity contribution in [2.75, 3.05) is 39.3 Å². The molecule has 0 aliphatic carbocycles. The molecule has 1 heterocycles. The van der Waals surface area contributed by atoms with Crippen LogP contribution in [0.2, 0.25) is 5.02 Å². The number of carbonyl (C=O) groups excluding carboxylic acids is 2. The summed E-state index contributed by atoms with van der Waals surface area (Å²) in [6, 6.07) is 14.7. The second-order valence-electron chi connectivity index (χ2n) is 7.07. The first-order chi connectivity index (χ1) is 14.6. The molecule has 2 aromatic rings. The molecule has 1 fully saturated rings. The minimum atomic E-state index is -0.0579. The van der Waals surface area contributed by atoms with Gasteiger partial charge in [0.25, 0.3) is 5.91 Å². The third-order valence-electron chi connectivity index (χ3n) is 4.90. The lowest BCUT2D eigenvalue weighted by Crippen LogP contribution is -2.51. The van der Waals surface area contributed by atoms with Gasteiger partial charge in [-0.3, -0.25) is 14.5 Å². The Hall–Kier alpha value is -2.83. The minimum absolute atomic E-state index is 0.0318. The minimum Gasteiger partial charge on any atom is -0.488 e. The Morgan fingerprint density at radius 1 is 1.07 bits per heavy atom. The van der Waals surface area contributed by atoms with Crippen molar-refractivity contribution in [1.29, 1.82) is 0 Å². The Bertz CT molecular complexity index is 878. The van der Waals surface area contributed by atoms with Gasteiger partial charge < -0.3 is 15.0 Å². The van der Waals surface area contributed by atoms with Gasteiger partial charge in [-0.2, -0.15) is 0 Å². The highest BCUT2D eigenvalue weighted by molar-refractivity contribution is 6.30. The molecule has 7 heteroatoms. The fourth-order valence-electron chi connectivity index (χ4n) is 3.24. The molecule has 0 spiro atoms. The number of carbonyl (C=O) groups is 2. The lowest BCUT2D eigenvalue weighted by Gasteiger charge is -2.34. The normalized spacial score (nSPS) is 14.2. The monoisotopic (exact) mass is 427 g/mol. The largest absolute Gasteiger partial charge is 0.488 e. The highest BCUT2D eigenvalue weighted by Gasteiger charge is 2.25. The summed E-state index contributed by atoms with van der Waals surface area (Å²) in [5.74, 6) is 0.469. The summed E-state index contributed by atoms with van der Waals surface area (Å²) >= 11 is 5.92. The third kappa shape index (κ3) is 6.08. The number of rotatable bonds is 8. The molecule has 1 aliphatic heterocycles. The number of hydrogen-bond donors (Lipinski definition) is 1. The standard InChI is InChI=1S/C23H26ClN3O3/c1-2-11-25-22(28)16-26-12-14-27(15-13-26)23(29)20-5-3-4-6-21(20)30-17-18-7-9-19(24)10-8-18/h2-10H,1,11-17H2,(H,25,28). The zero-order chi connectivity index (χ0) is 21.3. The van der Waals surface area contributed by atoms with Crippen molar-refractivity contribution in [1.82, 2.24) is 15.1 Å². The molecule has 158 valence electrons. The van der Waals surface area contributed by atoms with E-state index in [-0.39, 0.29) is 11.8 Å². The second kappa shape index (κ2) is 10.8. The molecule has 6 nitrogen and oxygen atoms in total. The number of piperazine rings is 1. The van der Waals surface area contributed by atoms with Crippen LogP contribution in [0.3, 0.4) is 0 Å². The first-order valence-corrected chi connectivity index (χ1v) is 10.3. The average molecular weight is 428 g/mol. The fraction of sp³-hybridized carbons (Fsp3) is 0.304.